The number of esters is 1. The molecule has 0 unspecified atom stereocenters. The van der Waals surface area contributed by atoms with Gasteiger partial charge >= 0.3 is 5.97 Å². The van der Waals surface area contributed by atoms with Crippen molar-refractivity contribution in [1.82, 2.24) is 0 Å². The smallest absolute Gasteiger partial charge is 0.307 e. The molecule has 0 saturated heterocycles. The van der Waals surface area contributed by atoms with Crippen LogP contribution in [0.4, 0.5) is 0 Å². The maximum absolute atomic E-state index is 11.3. The number of carbonyl (C=O) groups excluding carboxylic acids is 1. The molecule has 0 aliphatic heterocycles. The minimum atomic E-state index is -0.494. The molecule has 78 valence electrons. The van der Waals surface area contributed by atoms with Gasteiger partial charge in [-0.25, -0.2) is 0 Å². The summed E-state index contributed by atoms with van der Waals surface area (Å²) in [5.74, 6) is -0.245. The van der Waals surface area contributed by atoms with Crippen LogP contribution in [0.15, 0.2) is 17.5 Å². The molecule has 1 rings (SSSR count). The topological polar surface area (TPSA) is 52.3 Å². The predicted molar refractivity (Wildman–Crippen MR) is 57.0 cm³/mol. The Labute approximate surface area is 87.9 Å². The maximum Gasteiger partial charge on any atom is 0.307 e. The molecule has 0 spiro atoms. The van der Waals surface area contributed by atoms with Gasteiger partial charge in [-0.3, -0.25) is 4.79 Å². The molecular weight excluding hydrogens is 198 g/mol. The molecule has 0 amide bonds. The van der Waals surface area contributed by atoms with Crippen molar-refractivity contribution in [3.8, 4) is 0 Å². The minimum Gasteiger partial charge on any atom is -0.460 e. The quantitative estimate of drug-likeness (QED) is 0.777. The Morgan fingerprint density at radius 2 is 2.36 bits per heavy atom. The molecule has 1 aromatic heterocycles. The van der Waals surface area contributed by atoms with Crippen LogP contribution >= 0.6 is 11.3 Å². The summed E-state index contributed by atoms with van der Waals surface area (Å²) in [5.41, 5.74) is 5.19. The van der Waals surface area contributed by atoms with Crippen LogP contribution in [0.25, 0.3) is 0 Å². The summed E-state index contributed by atoms with van der Waals surface area (Å²) in [5, 5.41) is 1.95. The van der Waals surface area contributed by atoms with E-state index in [1.54, 1.807) is 25.2 Å². The Morgan fingerprint density at radius 3 is 2.86 bits per heavy atom. The van der Waals surface area contributed by atoms with E-state index in [1.165, 1.54) is 0 Å². The summed E-state index contributed by atoms with van der Waals surface area (Å²) in [6.45, 7) is 3.96. The molecule has 14 heavy (non-hydrogen) atoms. The second-order valence-corrected chi connectivity index (χ2v) is 4.94. The second-order valence-electron chi connectivity index (χ2n) is 3.91. The van der Waals surface area contributed by atoms with Crippen LogP contribution in [-0.4, -0.2) is 11.5 Å². The lowest BCUT2D eigenvalue weighted by molar-refractivity contribution is -0.145. The lowest BCUT2D eigenvalue weighted by Gasteiger charge is -2.16. The van der Waals surface area contributed by atoms with Gasteiger partial charge in [0.25, 0.3) is 0 Å². The number of rotatable bonds is 4. The molecule has 0 radical (unpaired) electrons. The third-order valence-corrected chi connectivity index (χ3v) is 2.41. The lowest BCUT2D eigenvalue weighted by Crippen LogP contribution is -2.35. The van der Waals surface area contributed by atoms with Gasteiger partial charge in [0, 0.05) is 10.4 Å². The van der Waals surface area contributed by atoms with Crippen molar-refractivity contribution in [2.45, 2.75) is 32.4 Å². The number of thiophene rings is 1. The minimum absolute atomic E-state index is 0.245. The van der Waals surface area contributed by atoms with Gasteiger partial charge in [0.1, 0.15) is 6.61 Å². The van der Waals surface area contributed by atoms with Crippen molar-refractivity contribution in [3.05, 3.63) is 22.4 Å². The van der Waals surface area contributed by atoms with E-state index in [0.29, 0.717) is 6.61 Å². The van der Waals surface area contributed by atoms with Gasteiger partial charge in [0.2, 0.25) is 0 Å². The van der Waals surface area contributed by atoms with E-state index < -0.39 is 5.54 Å². The Bertz CT molecular complexity index is 288. The molecule has 0 aliphatic rings. The van der Waals surface area contributed by atoms with Gasteiger partial charge in [0.05, 0.1) is 6.42 Å². The summed E-state index contributed by atoms with van der Waals surface area (Å²) < 4.78 is 5.05. The van der Waals surface area contributed by atoms with E-state index >= 15 is 0 Å². The van der Waals surface area contributed by atoms with Crippen LogP contribution in [0.3, 0.4) is 0 Å². The Morgan fingerprint density at radius 1 is 1.64 bits per heavy atom. The zero-order chi connectivity index (χ0) is 10.6. The number of nitrogens with two attached hydrogens (primary N) is 1. The van der Waals surface area contributed by atoms with Crippen LogP contribution in [0, 0.1) is 0 Å². The highest BCUT2D eigenvalue weighted by Gasteiger charge is 2.17. The molecule has 2 N–H and O–H groups in total. The van der Waals surface area contributed by atoms with Crippen LogP contribution in [0.2, 0.25) is 0 Å². The summed E-state index contributed by atoms with van der Waals surface area (Å²) in [7, 11) is 0. The van der Waals surface area contributed by atoms with E-state index in [2.05, 4.69) is 0 Å². The summed E-state index contributed by atoms with van der Waals surface area (Å²) in [4.78, 5) is 12.3. The molecule has 0 bridgehead atoms. The first kappa shape index (κ1) is 11.2. The Hall–Kier alpha value is -0.870. The first-order valence-corrected chi connectivity index (χ1v) is 5.32. The van der Waals surface area contributed by atoms with Gasteiger partial charge in [-0.05, 0) is 25.3 Å². The molecule has 0 aliphatic carbocycles. The zero-order valence-corrected chi connectivity index (χ0v) is 9.26. The molecule has 0 saturated carbocycles. The fourth-order valence-corrected chi connectivity index (χ4v) is 1.59. The summed E-state index contributed by atoms with van der Waals surface area (Å²) in [6, 6.07) is 3.87. The Balaban J connectivity index is 2.29. The van der Waals surface area contributed by atoms with Crippen molar-refractivity contribution in [1.29, 1.82) is 0 Å². The maximum atomic E-state index is 11.3. The first-order valence-electron chi connectivity index (χ1n) is 4.44. The van der Waals surface area contributed by atoms with E-state index in [9.17, 15) is 4.79 Å². The normalized spacial score (nSPS) is 11.4. The molecule has 4 heteroatoms. The van der Waals surface area contributed by atoms with Crippen molar-refractivity contribution < 1.29 is 9.53 Å². The summed E-state index contributed by atoms with van der Waals surface area (Å²) >= 11 is 1.57. The zero-order valence-electron chi connectivity index (χ0n) is 8.45. The SMILES string of the molecule is CC(C)(N)CC(=O)OCc1cccs1. The van der Waals surface area contributed by atoms with Gasteiger partial charge in [-0.2, -0.15) is 0 Å². The van der Waals surface area contributed by atoms with Crippen LogP contribution < -0.4 is 5.73 Å². The van der Waals surface area contributed by atoms with Crippen LogP contribution in [0.5, 0.6) is 0 Å². The second kappa shape index (κ2) is 4.57. The number of carbonyl (C=O) groups is 1. The number of hydrogen-bond donors (Lipinski definition) is 1. The largest absolute Gasteiger partial charge is 0.460 e. The van der Waals surface area contributed by atoms with Crippen molar-refractivity contribution in [3.63, 3.8) is 0 Å². The average Bonchev–Trinajstić information content (AvgIpc) is 2.49. The van der Waals surface area contributed by atoms with Gasteiger partial charge in [-0.1, -0.05) is 6.07 Å². The van der Waals surface area contributed by atoms with Crippen molar-refractivity contribution >= 4 is 17.3 Å². The van der Waals surface area contributed by atoms with E-state index in [1.807, 2.05) is 17.5 Å². The number of ether oxygens (including phenoxy) is 1. The average molecular weight is 213 g/mol. The van der Waals surface area contributed by atoms with Gasteiger partial charge in [0.15, 0.2) is 0 Å². The highest BCUT2D eigenvalue weighted by atomic mass is 32.1. The molecular formula is C10H15NO2S. The number of hydrogen-bond acceptors (Lipinski definition) is 4. The summed E-state index contributed by atoms with van der Waals surface area (Å²) in [6.07, 6.45) is 0.248. The monoisotopic (exact) mass is 213 g/mol. The highest BCUT2D eigenvalue weighted by molar-refractivity contribution is 7.09. The molecule has 0 atom stereocenters. The van der Waals surface area contributed by atoms with Gasteiger partial charge in [-0.15, -0.1) is 11.3 Å². The predicted octanol–water partition coefficient (Wildman–Crippen LogP) is 1.92. The van der Waals surface area contributed by atoms with Crippen LogP contribution in [-0.2, 0) is 16.1 Å². The fraction of sp³-hybridized carbons (Fsp3) is 0.500. The van der Waals surface area contributed by atoms with Crippen molar-refractivity contribution in [2.75, 3.05) is 0 Å². The van der Waals surface area contributed by atoms with Crippen LogP contribution in [0.1, 0.15) is 25.1 Å². The van der Waals surface area contributed by atoms with Crippen molar-refractivity contribution in [2.24, 2.45) is 5.73 Å². The fourth-order valence-electron chi connectivity index (χ4n) is 0.969. The molecule has 0 aromatic carbocycles. The van der Waals surface area contributed by atoms with E-state index in [4.69, 9.17) is 10.5 Å². The molecule has 1 aromatic rings. The third kappa shape index (κ3) is 4.39. The standard InChI is InChI=1S/C10H15NO2S/c1-10(2,11)6-9(12)13-7-8-4-3-5-14-8/h3-5H,6-7,11H2,1-2H3. The van der Waals surface area contributed by atoms with E-state index in [-0.39, 0.29) is 12.4 Å². The molecule has 3 nitrogen and oxygen atoms in total. The molecule has 0 fully saturated rings. The first-order chi connectivity index (χ1) is 6.47. The highest BCUT2D eigenvalue weighted by Crippen LogP contribution is 2.11. The lowest BCUT2D eigenvalue weighted by atomic mass is 10.0. The van der Waals surface area contributed by atoms with E-state index in [0.717, 1.165) is 4.88 Å². The Kier molecular flexibility index (Phi) is 3.66. The van der Waals surface area contributed by atoms with Gasteiger partial charge < -0.3 is 10.5 Å². The molecule has 1 heterocycles. The third-order valence-electron chi connectivity index (χ3n) is 1.56.